The molecule has 0 saturated heterocycles. The van der Waals surface area contributed by atoms with E-state index in [0.717, 1.165) is 61.3 Å². The molecule has 20 heteroatoms. The highest BCUT2D eigenvalue weighted by Crippen LogP contribution is 2.26. The Hall–Kier alpha value is -5.73. The van der Waals surface area contributed by atoms with Crippen molar-refractivity contribution in [3.63, 3.8) is 0 Å². The number of guanidine groups is 5. The van der Waals surface area contributed by atoms with Gasteiger partial charge in [0.2, 0.25) is 0 Å². The van der Waals surface area contributed by atoms with Gasteiger partial charge in [-0.25, -0.2) is 9.98 Å². The molecule has 2 aromatic rings. The maximum absolute atomic E-state index is 5.40. The molecule has 0 amide bonds. The van der Waals surface area contributed by atoms with E-state index in [1.165, 1.54) is 32.1 Å². The summed E-state index contributed by atoms with van der Waals surface area (Å²) in [6.45, 7) is 32.3. The predicted octanol–water partition coefficient (Wildman–Crippen LogP) is 6.09. The third-order valence-electron chi connectivity index (χ3n) is 10.9. The monoisotopic (exact) mass is 1030 g/mol. The molecule has 0 spiro atoms. The summed E-state index contributed by atoms with van der Waals surface area (Å²) in [6, 6.07) is 18.0. The molecule has 4 atom stereocenters. The van der Waals surface area contributed by atoms with E-state index in [2.05, 4.69) is 155 Å². The molecule has 0 heterocycles. The minimum Gasteiger partial charge on any atom is -0.380 e. The fraction of sp³-hybridized carbons (Fsp3) is 0.685. The molecule has 3 aliphatic rings. The van der Waals surface area contributed by atoms with Crippen LogP contribution in [-0.2, 0) is 0 Å². The van der Waals surface area contributed by atoms with Crippen molar-refractivity contribution in [2.75, 3.05) is 10.6 Å². The van der Waals surface area contributed by atoms with Crippen LogP contribution in [0.2, 0.25) is 0 Å². The molecule has 5 rings (SSSR count). The lowest BCUT2D eigenvalue weighted by molar-refractivity contribution is 0.278. The number of hydrogen-bond donors (Lipinski definition) is 15. The standard InChI is InChI=1S/C11H24N4.C11H18N4.C11H24N4.C11H18N4.C10H22N4/c2*1-11(2,3)15-9-6-4-8(5-7-9)14-10(12)13;2*1-11(2,3)15-9-6-4-5-8(7-9)14-10(12)13;1-10(2,3)14-8-5-4-7(6-8)13-9(11)12/h8-9,15H,4-7H2,1-3H3,(H4,12,13,14);4-7,15H,1-3H3,(H4,12,13,14);8-9,15H,4-7H2,1-3H3,(H4,12,13,14);4-7,15H,1-3H3,(H4,12,13,14);7-8,14H,4-6H2,1-3H3,(H4,11,12,13). The zero-order chi connectivity index (χ0) is 56.7. The van der Waals surface area contributed by atoms with Gasteiger partial charge in [-0.2, -0.15) is 0 Å². The van der Waals surface area contributed by atoms with Gasteiger partial charge in [0.25, 0.3) is 0 Å². The maximum atomic E-state index is 5.40. The summed E-state index contributed by atoms with van der Waals surface area (Å²) in [5.74, 6) is 0.805. The minimum atomic E-state index is 0.0244. The Bertz CT molecular complexity index is 2030. The largest absolute Gasteiger partial charge is 0.380 e. The molecule has 3 saturated carbocycles. The van der Waals surface area contributed by atoms with Gasteiger partial charge in [0.05, 0.1) is 29.5 Å². The average Bonchev–Trinajstić information content (AvgIpc) is 3.62. The van der Waals surface area contributed by atoms with E-state index in [1.807, 2.05) is 48.5 Å². The first-order valence-electron chi connectivity index (χ1n) is 26.4. The van der Waals surface area contributed by atoms with Gasteiger partial charge in [0.15, 0.2) is 29.8 Å². The summed E-state index contributed by atoms with van der Waals surface area (Å²) >= 11 is 0. The first-order chi connectivity index (χ1) is 33.8. The lowest BCUT2D eigenvalue weighted by atomic mass is 9.90. The van der Waals surface area contributed by atoms with Gasteiger partial charge in [0.1, 0.15) is 0 Å². The second-order valence-electron chi connectivity index (χ2n) is 25.0. The van der Waals surface area contributed by atoms with Crippen molar-refractivity contribution >= 4 is 52.5 Å². The van der Waals surface area contributed by atoms with Crippen molar-refractivity contribution in [1.29, 1.82) is 0 Å². The van der Waals surface area contributed by atoms with Crippen molar-refractivity contribution in [3.05, 3.63) is 48.5 Å². The molecule has 0 radical (unpaired) electrons. The van der Waals surface area contributed by atoms with Crippen LogP contribution in [0.1, 0.15) is 174 Å². The fourth-order valence-corrected chi connectivity index (χ4v) is 8.87. The van der Waals surface area contributed by atoms with E-state index in [-0.39, 0.29) is 57.5 Å². The molecule has 25 N–H and O–H groups in total. The Morgan fingerprint density at radius 3 is 1.19 bits per heavy atom. The number of nitrogens with two attached hydrogens (primary N) is 10. The lowest BCUT2D eigenvalue weighted by Gasteiger charge is -2.33. The second-order valence-corrected chi connectivity index (χ2v) is 25.0. The van der Waals surface area contributed by atoms with Gasteiger partial charge >= 0.3 is 0 Å². The molecular weight excluding hydrogens is 929 g/mol. The summed E-state index contributed by atoms with van der Waals surface area (Å²) in [5, 5.41) is 17.5. The van der Waals surface area contributed by atoms with Crippen LogP contribution in [0.4, 0.5) is 22.7 Å². The quantitative estimate of drug-likeness (QED) is 0.0945. The van der Waals surface area contributed by atoms with E-state index in [9.17, 15) is 0 Å². The van der Waals surface area contributed by atoms with Crippen molar-refractivity contribution in [1.82, 2.24) is 16.0 Å². The highest BCUT2D eigenvalue weighted by molar-refractivity contribution is 5.80. The molecule has 4 unspecified atom stereocenters. The number of aliphatic imine (C=N–C) groups is 5. The number of benzene rings is 2. The highest BCUT2D eigenvalue weighted by atomic mass is 15.1. The first kappa shape index (κ1) is 66.3. The smallest absolute Gasteiger partial charge is 0.191 e. The minimum absolute atomic E-state index is 0.0244. The summed E-state index contributed by atoms with van der Waals surface area (Å²) in [4.78, 5) is 20.6. The van der Waals surface area contributed by atoms with E-state index in [4.69, 9.17) is 57.3 Å². The molecule has 3 aliphatic carbocycles. The van der Waals surface area contributed by atoms with Gasteiger partial charge in [0, 0.05) is 57.2 Å². The van der Waals surface area contributed by atoms with Crippen LogP contribution < -0.4 is 83.9 Å². The van der Waals surface area contributed by atoms with Crippen LogP contribution in [-0.4, -0.2) is 93.7 Å². The third kappa shape index (κ3) is 36.2. The molecule has 2 aromatic carbocycles. The number of hydrogen-bond acceptors (Lipinski definition) is 10. The molecule has 422 valence electrons. The van der Waals surface area contributed by atoms with E-state index in [1.54, 1.807) is 0 Å². The Morgan fingerprint density at radius 1 is 0.378 bits per heavy atom. The van der Waals surface area contributed by atoms with Crippen molar-refractivity contribution in [2.45, 2.75) is 238 Å². The zero-order valence-corrected chi connectivity index (χ0v) is 48.4. The molecule has 74 heavy (non-hydrogen) atoms. The molecule has 0 bridgehead atoms. The van der Waals surface area contributed by atoms with Gasteiger partial charge < -0.3 is 83.9 Å². The molecule has 3 fully saturated rings. The number of nitrogens with one attached hydrogen (secondary N) is 5. The summed E-state index contributed by atoms with van der Waals surface area (Å²) in [7, 11) is 0. The predicted molar refractivity (Wildman–Crippen MR) is 320 cm³/mol. The average molecular weight is 1040 g/mol. The summed E-state index contributed by atoms with van der Waals surface area (Å²) in [6.07, 6.45) is 12.4. The summed E-state index contributed by atoms with van der Waals surface area (Å²) in [5.41, 5.74) is 57.6. The first-order valence-corrected chi connectivity index (χ1v) is 26.4. The highest BCUT2D eigenvalue weighted by Gasteiger charge is 2.28. The van der Waals surface area contributed by atoms with Crippen molar-refractivity contribution in [3.8, 4) is 0 Å². The lowest BCUT2D eigenvalue weighted by Crippen LogP contribution is -2.46. The number of rotatable bonds is 10. The topological polar surface area (TPSA) is 382 Å². The normalized spacial score (nSPS) is 20.7. The van der Waals surface area contributed by atoms with Crippen LogP contribution in [0.3, 0.4) is 0 Å². The van der Waals surface area contributed by atoms with Crippen molar-refractivity contribution < 1.29 is 0 Å². The van der Waals surface area contributed by atoms with Crippen LogP contribution in [0.15, 0.2) is 73.5 Å². The van der Waals surface area contributed by atoms with Gasteiger partial charge in [-0.15, -0.1) is 0 Å². The Kier molecular flexibility index (Phi) is 27.4. The van der Waals surface area contributed by atoms with Crippen LogP contribution in [0.5, 0.6) is 0 Å². The Labute approximate surface area is 446 Å². The SMILES string of the molecule is CC(C)(C)NC1CCC(N=C(N)N)C1.CC(C)(C)NC1CCC(N=C(N)N)CC1.CC(C)(C)NC1CCCC(N=C(N)N)C1.CC(C)(C)Nc1ccc(N=C(N)N)cc1.CC(C)(C)Nc1cccc(N=C(N)N)c1. The van der Waals surface area contributed by atoms with E-state index in [0.29, 0.717) is 36.3 Å². The second kappa shape index (κ2) is 30.6. The van der Waals surface area contributed by atoms with Crippen LogP contribution in [0, 0.1) is 0 Å². The third-order valence-corrected chi connectivity index (χ3v) is 10.9. The zero-order valence-electron chi connectivity index (χ0n) is 48.4. The van der Waals surface area contributed by atoms with Crippen LogP contribution in [0.25, 0.3) is 0 Å². The van der Waals surface area contributed by atoms with Crippen molar-refractivity contribution in [2.24, 2.45) is 82.3 Å². The molecule has 0 aromatic heterocycles. The number of anilines is 2. The fourth-order valence-electron chi connectivity index (χ4n) is 8.87. The molecular formula is C54H106N20. The van der Waals surface area contributed by atoms with Gasteiger partial charge in [-0.05, 0) is 217 Å². The molecule has 20 nitrogen and oxygen atoms in total. The van der Waals surface area contributed by atoms with Gasteiger partial charge in [-0.1, -0.05) is 6.07 Å². The Balaban J connectivity index is 0.000000463. The van der Waals surface area contributed by atoms with Crippen LogP contribution >= 0.6 is 0 Å². The van der Waals surface area contributed by atoms with Gasteiger partial charge in [-0.3, -0.25) is 15.0 Å². The molecule has 0 aliphatic heterocycles. The Morgan fingerprint density at radius 2 is 0.757 bits per heavy atom. The number of nitrogens with zero attached hydrogens (tertiary/aromatic N) is 5. The maximum Gasteiger partial charge on any atom is 0.191 e. The summed E-state index contributed by atoms with van der Waals surface area (Å²) < 4.78 is 0. The van der Waals surface area contributed by atoms with E-state index < -0.39 is 0 Å². The van der Waals surface area contributed by atoms with E-state index >= 15 is 0 Å².